The van der Waals surface area contributed by atoms with Crippen LogP contribution in [0.2, 0.25) is 0 Å². The molecule has 0 unspecified atom stereocenters. The number of rotatable bonds is 3. The first-order valence-corrected chi connectivity index (χ1v) is 8.15. The van der Waals surface area contributed by atoms with Crippen LogP contribution in [0.3, 0.4) is 0 Å². The van der Waals surface area contributed by atoms with Crippen molar-refractivity contribution in [2.45, 2.75) is 64.6 Å². The second-order valence-corrected chi connectivity index (χ2v) is 6.45. The number of aromatic nitrogens is 2. The Morgan fingerprint density at radius 3 is 2.82 bits per heavy atom. The van der Waals surface area contributed by atoms with Gasteiger partial charge in [0.25, 0.3) is 0 Å². The number of carbonyl (C=O) groups excluding carboxylic acids is 2. The number of nitrogens with one attached hydrogen (secondary N) is 1. The number of nitrogens with zero attached hydrogens (tertiary/aromatic N) is 3. The van der Waals surface area contributed by atoms with Crippen LogP contribution >= 0.6 is 0 Å². The number of likely N-dealkylation sites (tertiary alicyclic amines) is 1. The summed E-state index contributed by atoms with van der Waals surface area (Å²) in [5.74, 6) is 0.0718. The number of aryl methyl sites for hydroxylation is 2. The summed E-state index contributed by atoms with van der Waals surface area (Å²) in [6, 6.07) is 1.91. The molecular formula is C16H24N4O2. The molecule has 0 aromatic carbocycles. The van der Waals surface area contributed by atoms with Crippen molar-refractivity contribution in [1.82, 2.24) is 20.0 Å². The molecule has 22 heavy (non-hydrogen) atoms. The van der Waals surface area contributed by atoms with Gasteiger partial charge in [-0.1, -0.05) is 0 Å². The molecule has 2 aliphatic heterocycles. The first-order valence-electron chi connectivity index (χ1n) is 8.15. The van der Waals surface area contributed by atoms with E-state index in [1.807, 2.05) is 23.4 Å². The van der Waals surface area contributed by atoms with Gasteiger partial charge in [-0.05, 0) is 45.6 Å². The van der Waals surface area contributed by atoms with E-state index >= 15 is 0 Å². The SMILES string of the molecule is Cc1cc(C)n(C[C@@H]2CCCCN2C(=O)[C@H]2CCC(=O)N2)n1. The Balaban J connectivity index is 1.72. The average Bonchev–Trinajstić information content (AvgIpc) is 3.05. The van der Waals surface area contributed by atoms with E-state index in [-0.39, 0.29) is 23.9 Å². The van der Waals surface area contributed by atoms with Crippen molar-refractivity contribution < 1.29 is 9.59 Å². The van der Waals surface area contributed by atoms with Gasteiger partial charge in [-0.25, -0.2) is 0 Å². The van der Waals surface area contributed by atoms with Gasteiger partial charge >= 0.3 is 0 Å². The molecule has 0 spiro atoms. The van der Waals surface area contributed by atoms with Crippen LogP contribution in [0, 0.1) is 13.8 Å². The lowest BCUT2D eigenvalue weighted by Crippen LogP contribution is -2.52. The summed E-state index contributed by atoms with van der Waals surface area (Å²) in [4.78, 5) is 26.1. The fourth-order valence-electron chi connectivity index (χ4n) is 3.54. The minimum Gasteiger partial charge on any atom is -0.344 e. The van der Waals surface area contributed by atoms with Crippen molar-refractivity contribution in [1.29, 1.82) is 0 Å². The molecule has 2 saturated heterocycles. The highest BCUT2D eigenvalue weighted by molar-refractivity contribution is 5.91. The van der Waals surface area contributed by atoms with Gasteiger partial charge in [0.05, 0.1) is 18.3 Å². The number of piperidine rings is 1. The smallest absolute Gasteiger partial charge is 0.245 e. The molecule has 3 rings (SSSR count). The van der Waals surface area contributed by atoms with Crippen molar-refractivity contribution in [3.63, 3.8) is 0 Å². The molecule has 2 amide bonds. The maximum Gasteiger partial charge on any atom is 0.245 e. The van der Waals surface area contributed by atoms with Crippen molar-refractivity contribution in [2.24, 2.45) is 0 Å². The first-order chi connectivity index (χ1) is 10.5. The molecule has 0 aliphatic carbocycles. The number of hydrogen-bond donors (Lipinski definition) is 1. The molecular weight excluding hydrogens is 280 g/mol. The highest BCUT2D eigenvalue weighted by Gasteiger charge is 2.35. The zero-order valence-corrected chi connectivity index (χ0v) is 13.3. The molecule has 2 atom stereocenters. The summed E-state index contributed by atoms with van der Waals surface area (Å²) >= 11 is 0. The van der Waals surface area contributed by atoms with E-state index < -0.39 is 0 Å². The van der Waals surface area contributed by atoms with Crippen molar-refractivity contribution in [3.8, 4) is 0 Å². The second-order valence-electron chi connectivity index (χ2n) is 6.45. The number of carbonyl (C=O) groups is 2. The van der Waals surface area contributed by atoms with Crippen molar-refractivity contribution in [3.05, 3.63) is 17.5 Å². The highest BCUT2D eigenvalue weighted by Crippen LogP contribution is 2.22. The van der Waals surface area contributed by atoms with Gasteiger partial charge in [0.15, 0.2) is 0 Å². The molecule has 3 heterocycles. The molecule has 0 radical (unpaired) electrons. The monoisotopic (exact) mass is 304 g/mol. The largest absolute Gasteiger partial charge is 0.344 e. The lowest BCUT2D eigenvalue weighted by molar-refractivity contribution is -0.138. The molecule has 0 bridgehead atoms. The van der Waals surface area contributed by atoms with Crippen molar-refractivity contribution >= 4 is 11.8 Å². The van der Waals surface area contributed by atoms with Crippen LogP contribution in [0.25, 0.3) is 0 Å². The Labute approximate surface area is 130 Å². The van der Waals surface area contributed by atoms with E-state index in [1.54, 1.807) is 0 Å². The standard InChI is InChI=1S/C16H24N4O2/c1-11-9-12(2)20(18-11)10-13-5-3-4-8-19(13)16(22)14-6-7-15(21)17-14/h9,13-14H,3-8,10H2,1-2H3,(H,17,21)/t13-,14+/m0/s1. The lowest BCUT2D eigenvalue weighted by atomic mass is 10.0. The zero-order valence-electron chi connectivity index (χ0n) is 13.3. The third-order valence-corrected chi connectivity index (χ3v) is 4.69. The zero-order chi connectivity index (χ0) is 15.7. The Bertz CT molecular complexity index is 581. The molecule has 120 valence electrons. The summed E-state index contributed by atoms with van der Waals surface area (Å²) in [6.07, 6.45) is 4.28. The van der Waals surface area contributed by atoms with Crippen molar-refractivity contribution in [2.75, 3.05) is 6.54 Å². The van der Waals surface area contributed by atoms with E-state index in [0.29, 0.717) is 12.8 Å². The Morgan fingerprint density at radius 1 is 1.36 bits per heavy atom. The second kappa shape index (κ2) is 6.10. The van der Waals surface area contributed by atoms with Crippen LogP contribution in [-0.2, 0) is 16.1 Å². The molecule has 1 aromatic heterocycles. The average molecular weight is 304 g/mol. The van der Waals surface area contributed by atoms with Crippen LogP contribution in [0.5, 0.6) is 0 Å². The van der Waals surface area contributed by atoms with Crippen LogP contribution in [0.1, 0.15) is 43.5 Å². The minimum atomic E-state index is -0.325. The highest BCUT2D eigenvalue weighted by atomic mass is 16.2. The Kier molecular flexibility index (Phi) is 4.18. The molecule has 6 nitrogen and oxygen atoms in total. The van der Waals surface area contributed by atoms with E-state index in [1.165, 1.54) is 0 Å². The predicted octanol–water partition coefficient (Wildman–Crippen LogP) is 1.16. The fraction of sp³-hybridized carbons (Fsp3) is 0.688. The van der Waals surface area contributed by atoms with Gasteiger partial charge < -0.3 is 10.2 Å². The van der Waals surface area contributed by atoms with Crippen LogP contribution in [0.4, 0.5) is 0 Å². The van der Waals surface area contributed by atoms with Gasteiger partial charge in [0.1, 0.15) is 6.04 Å². The van der Waals surface area contributed by atoms with Gasteiger partial charge in [0.2, 0.25) is 11.8 Å². The molecule has 1 aromatic rings. The van der Waals surface area contributed by atoms with E-state index in [4.69, 9.17) is 0 Å². The van der Waals surface area contributed by atoms with E-state index in [9.17, 15) is 9.59 Å². The third kappa shape index (κ3) is 3.00. The van der Waals surface area contributed by atoms with Gasteiger partial charge in [-0.2, -0.15) is 5.10 Å². The van der Waals surface area contributed by atoms with E-state index in [2.05, 4.69) is 16.5 Å². The van der Waals surface area contributed by atoms with Crippen LogP contribution in [-0.4, -0.2) is 45.1 Å². The summed E-state index contributed by atoms with van der Waals surface area (Å²) in [7, 11) is 0. The Hall–Kier alpha value is -1.85. The van der Waals surface area contributed by atoms with Gasteiger partial charge in [-0.15, -0.1) is 0 Å². The molecule has 2 aliphatic rings. The molecule has 6 heteroatoms. The van der Waals surface area contributed by atoms with Crippen LogP contribution in [0.15, 0.2) is 6.07 Å². The Morgan fingerprint density at radius 2 is 2.18 bits per heavy atom. The quantitative estimate of drug-likeness (QED) is 0.911. The van der Waals surface area contributed by atoms with E-state index in [0.717, 1.165) is 43.7 Å². The number of hydrogen-bond acceptors (Lipinski definition) is 3. The summed E-state index contributed by atoms with van der Waals surface area (Å²) in [6.45, 7) is 5.56. The van der Waals surface area contributed by atoms with Crippen LogP contribution < -0.4 is 5.32 Å². The summed E-state index contributed by atoms with van der Waals surface area (Å²) in [5.41, 5.74) is 2.14. The predicted molar refractivity (Wildman–Crippen MR) is 82.2 cm³/mol. The molecule has 1 N–H and O–H groups in total. The maximum absolute atomic E-state index is 12.7. The maximum atomic E-state index is 12.7. The molecule has 0 saturated carbocycles. The number of amides is 2. The first kappa shape index (κ1) is 15.1. The normalized spacial score (nSPS) is 25.4. The summed E-state index contributed by atoms with van der Waals surface area (Å²) in [5, 5.41) is 7.31. The van der Waals surface area contributed by atoms with Gasteiger partial charge in [0, 0.05) is 18.7 Å². The summed E-state index contributed by atoms with van der Waals surface area (Å²) < 4.78 is 2.00. The third-order valence-electron chi connectivity index (χ3n) is 4.69. The molecule has 2 fully saturated rings. The minimum absolute atomic E-state index is 0.00884. The fourth-order valence-corrected chi connectivity index (χ4v) is 3.54. The topological polar surface area (TPSA) is 67.2 Å². The van der Waals surface area contributed by atoms with Gasteiger partial charge in [-0.3, -0.25) is 14.3 Å². The lowest BCUT2D eigenvalue weighted by Gasteiger charge is -2.37.